The average Bonchev–Trinajstić information content (AvgIpc) is 2.97. The van der Waals surface area contributed by atoms with Crippen molar-refractivity contribution in [3.05, 3.63) is 16.1 Å². The smallest absolute Gasteiger partial charge is 0.270 e. The molecule has 0 saturated heterocycles. The van der Waals surface area contributed by atoms with E-state index in [2.05, 4.69) is 15.5 Å². The predicted octanol–water partition coefficient (Wildman–Crippen LogP) is 1.10. The summed E-state index contributed by atoms with van der Waals surface area (Å²) in [6, 6.07) is -0.0737. The van der Waals surface area contributed by atoms with E-state index in [4.69, 9.17) is 10.9 Å². The topological polar surface area (TPSA) is 101 Å². The van der Waals surface area contributed by atoms with E-state index in [0.717, 1.165) is 24.3 Å². The average molecular weight is 268 g/mol. The Bertz CT molecular complexity index is 471. The minimum Gasteiger partial charge on any atom is -0.409 e. The Morgan fingerprint density at radius 1 is 1.67 bits per heavy atom. The van der Waals surface area contributed by atoms with Crippen LogP contribution in [0.5, 0.6) is 0 Å². The molecule has 0 spiro atoms. The molecule has 6 nitrogen and oxygen atoms in total. The van der Waals surface area contributed by atoms with Gasteiger partial charge in [-0.15, -0.1) is 11.3 Å². The Morgan fingerprint density at radius 2 is 2.44 bits per heavy atom. The number of rotatable bonds is 3. The molecule has 1 fully saturated rings. The van der Waals surface area contributed by atoms with Crippen LogP contribution in [0.1, 0.15) is 34.8 Å². The molecule has 98 valence electrons. The van der Waals surface area contributed by atoms with Gasteiger partial charge in [0.05, 0.1) is 5.01 Å². The zero-order valence-corrected chi connectivity index (χ0v) is 10.9. The van der Waals surface area contributed by atoms with Crippen LogP contribution in [0.15, 0.2) is 10.5 Å². The molecule has 0 bridgehead atoms. The van der Waals surface area contributed by atoms with Crippen LogP contribution in [0, 0.1) is 12.8 Å². The van der Waals surface area contributed by atoms with Crippen LogP contribution >= 0.6 is 11.3 Å². The number of aryl methyl sites for hydroxylation is 1. The number of amidine groups is 1. The van der Waals surface area contributed by atoms with Crippen molar-refractivity contribution in [1.29, 1.82) is 0 Å². The number of hydrogen-bond acceptors (Lipinski definition) is 5. The molecule has 0 radical (unpaired) electrons. The van der Waals surface area contributed by atoms with E-state index in [1.54, 1.807) is 5.38 Å². The maximum atomic E-state index is 12.0. The summed E-state index contributed by atoms with van der Waals surface area (Å²) >= 11 is 1.44. The summed E-state index contributed by atoms with van der Waals surface area (Å²) < 4.78 is 0. The number of aromatic nitrogens is 1. The minimum absolute atomic E-state index is 0.0737. The lowest BCUT2D eigenvalue weighted by atomic mass is 10.0. The zero-order valence-electron chi connectivity index (χ0n) is 10.1. The normalized spacial score (nSPS) is 24.2. The summed E-state index contributed by atoms with van der Waals surface area (Å²) in [5.41, 5.74) is 6.06. The number of nitrogens with zero attached hydrogens (tertiary/aromatic N) is 2. The van der Waals surface area contributed by atoms with Gasteiger partial charge in [0.2, 0.25) is 0 Å². The van der Waals surface area contributed by atoms with Gasteiger partial charge in [-0.2, -0.15) is 0 Å². The Balaban J connectivity index is 2.03. The fourth-order valence-electron chi connectivity index (χ4n) is 2.27. The van der Waals surface area contributed by atoms with Gasteiger partial charge >= 0.3 is 0 Å². The van der Waals surface area contributed by atoms with Gasteiger partial charge in [0, 0.05) is 17.3 Å². The molecule has 2 atom stereocenters. The van der Waals surface area contributed by atoms with Crippen LogP contribution in [-0.4, -0.2) is 28.0 Å². The summed E-state index contributed by atoms with van der Waals surface area (Å²) in [5, 5.41) is 17.2. The van der Waals surface area contributed by atoms with E-state index < -0.39 is 0 Å². The van der Waals surface area contributed by atoms with Crippen molar-refractivity contribution >= 4 is 23.1 Å². The SMILES string of the molecule is Cc1nc(C(=O)NC2CCCC2C(N)=NO)cs1. The summed E-state index contributed by atoms with van der Waals surface area (Å²) in [4.78, 5) is 16.1. The van der Waals surface area contributed by atoms with Crippen molar-refractivity contribution in [2.24, 2.45) is 16.8 Å². The second kappa shape index (κ2) is 5.34. The molecular weight excluding hydrogens is 252 g/mol. The largest absolute Gasteiger partial charge is 0.409 e. The molecule has 2 unspecified atom stereocenters. The quantitative estimate of drug-likeness (QED) is 0.330. The molecule has 7 heteroatoms. The number of carbonyl (C=O) groups excluding carboxylic acids is 1. The van der Waals surface area contributed by atoms with Gasteiger partial charge in [0.25, 0.3) is 5.91 Å². The molecule has 2 rings (SSSR count). The van der Waals surface area contributed by atoms with Crippen LogP contribution < -0.4 is 11.1 Å². The Labute approximate surface area is 109 Å². The highest BCUT2D eigenvalue weighted by atomic mass is 32.1. The van der Waals surface area contributed by atoms with Crippen molar-refractivity contribution in [2.75, 3.05) is 0 Å². The maximum Gasteiger partial charge on any atom is 0.270 e. The number of hydrogen-bond donors (Lipinski definition) is 3. The van der Waals surface area contributed by atoms with E-state index >= 15 is 0 Å². The lowest BCUT2D eigenvalue weighted by Crippen LogP contribution is -2.42. The monoisotopic (exact) mass is 268 g/mol. The summed E-state index contributed by atoms with van der Waals surface area (Å²) in [6.07, 6.45) is 2.63. The zero-order chi connectivity index (χ0) is 13.1. The van der Waals surface area contributed by atoms with Gasteiger partial charge < -0.3 is 16.3 Å². The minimum atomic E-state index is -0.193. The van der Waals surface area contributed by atoms with Gasteiger partial charge in [0.15, 0.2) is 0 Å². The molecule has 1 aliphatic rings. The van der Waals surface area contributed by atoms with Gasteiger partial charge in [-0.1, -0.05) is 11.6 Å². The molecular formula is C11H16N4O2S. The van der Waals surface area contributed by atoms with Crippen molar-refractivity contribution in [3.63, 3.8) is 0 Å². The Kier molecular flexibility index (Phi) is 3.81. The van der Waals surface area contributed by atoms with E-state index in [-0.39, 0.29) is 23.7 Å². The van der Waals surface area contributed by atoms with Crippen LogP contribution in [0.2, 0.25) is 0 Å². The third-order valence-corrected chi connectivity index (χ3v) is 3.95. The molecule has 1 saturated carbocycles. The Morgan fingerprint density at radius 3 is 3.06 bits per heavy atom. The first-order valence-corrected chi connectivity index (χ1v) is 6.70. The number of nitrogens with one attached hydrogen (secondary N) is 1. The maximum absolute atomic E-state index is 12.0. The van der Waals surface area contributed by atoms with E-state index in [1.165, 1.54) is 11.3 Å². The third-order valence-electron chi connectivity index (χ3n) is 3.18. The number of amides is 1. The van der Waals surface area contributed by atoms with E-state index in [9.17, 15) is 4.79 Å². The van der Waals surface area contributed by atoms with Crippen LogP contribution in [-0.2, 0) is 0 Å². The van der Waals surface area contributed by atoms with Gasteiger partial charge in [-0.05, 0) is 19.8 Å². The molecule has 4 N–H and O–H groups in total. The number of thiazole rings is 1. The van der Waals surface area contributed by atoms with Crippen molar-refractivity contribution < 1.29 is 10.0 Å². The van der Waals surface area contributed by atoms with Crippen molar-refractivity contribution in [1.82, 2.24) is 10.3 Å². The lowest BCUT2D eigenvalue weighted by Gasteiger charge is -2.19. The Hall–Kier alpha value is -1.63. The fraction of sp³-hybridized carbons (Fsp3) is 0.545. The summed E-state index contributed by atoms with van der Waals surface area (Å²) in [5.74, 6) is -0.0899. The molecule has 0 aliphatic heterocycles. The van der Waals surface area contributed by atoms with E-state index in [1.807, 2.05) is 6.92 Å². The number of oxime groups is 1. The highest BCUT2D eigenvalue weighted by Gasteiger charge is 2.32. The van der Waals surface area contributed by atoms with Gasteiger partial charge in [0.1, 0.15) is 11.5 Å². The second-order valence-electron chi connectivity index (χ2n) is 4.39. The van der Waals surface area contributed by atoms with Gasteiger partial charge in [-0.3, -0.25) is 4.79 Å². The van der Waals surface area contributed by atoms with Crippen molar-refractivity contribution in [2.45, 2.75) is 32.2 Å². The first-order valence-electron chi connectivity index (χ1n) is 5.82. The number of carbonyl (C=O) groups is 1. The van der Waals surface area contributed by atoms with Crippen LogP contribution in [0.4, 0.5) is 0 Å². The molecule has 18 heavy (non-hydrogen) atoms. The fourth-order valence-corrected chi connectivity index (χ4v) is 2.86. The predicted molar refractivity (Wildman–Crippen MR) is 68.9 cm³/mol. The lowest BCUT2D eigenvalue weighted by molar-refractivity contribution is 0.0929. The first kappa shape index (κ1) is 12.8. The highest BCUT2D eigenvalue weighted by molar-refractivity contribution is 7.09. The third kappa shape index (κ3) is 2.61. The van der Waals surface area contributed by atoms with E-state index in [0.29, 0.717) is 5.69 Å². The standard InChI is InChI=1S/C11H16N4O2S/c1-6-13-9(5-18-6)11(16)14-8-4-2-3-7(8)10(12)15-17/h5,7-8,17H,2-4H2,1H3,(H2,12,15)(H,14,16). The summed E-state index contributed by atoms with van der Waals surface area (Å²) in [6.45, 7) is 1.86. The molecule has 1 heterocycles. The summed E-state index contributed by atoms with van der Waals surface area (Å²) in [7, 11) is 0. The van der Waals surface area contributed by atoms with Crippen LogP contribution in [0.3, 0.4) is 0 Å². The highest BCUT2D eigenvalue weighted by Crippen LogP contribution is 2.26. The molecule has 1 aliphatic carbocycles. The molecule has 1 amide bonds. The van der Waals surface area contributed by atoms with Crippen molar-refractivity contribution in [3.8, 4) is 0 Å². The molecule has 1 aromatic heterocycles. The van der Waals surface area contributed by atoms with Crippen LogP contribution in [0.25, 0.3) is 0 Å². The van der Waals surface area contributed by atoms with Gasteiger partial charge in [-0.25, -0.2) is 4.98 Å². The first-order chi connectivity index (χ1) is 8.61. The molecule has 0 aromatic carbocycles. The molecule has 1 aromatic rings. The number of nitrogens with two attached hydrogens (primary N) is 1. The second-order valence-corrected chi connectivity index (χ2v) is 5.46.